The Hall–Kier alpha value is -4.05. The lowest BCUT2D eigenvalue weighted by atomic mass is 9.94. The van der Waals surface area contributed by atoms with E-state index < -0.39 is 35.3 Å². The van der Waals surface area contributed by atoms with Crippen LogP contribution >= 0.6 is 11.3 Å². The molecule has 0 saturated carbocycles. The van der Waals surface area contributed by atoms with Crippen molar-refractivity contribution in [3.8, 4) is 5.75 Å². The summed E-state index contributed by atoms with van der Waals surface area (Å²) in [6.45, 7) is 7.68. The number of hydrogen-bond donors (Lipinski definition) is 1. The Kier molecular flexibility index (Phi) is 7.91. The van der Waals surface area contributed by atoms with Crippen LogP contribution in [0.5, 0.6) is 5.75 Å². The predicted molar refractivity (Wildman–Crippen MR) is 141 cm³/mol. The van der Waals surface area contributed by atoms with E-state index in [0.717, 1.165) is 22.7 Å². The van der Waals surface area contributed by atoms with Crippen LogP contribution in [0, 0.1) is 19.7 Å². The molecule has 1 aliphatic rings. The van der Waals surface area contributed by atoms with Gasteiger partial charge < -0.3 is 14.6 Å². The van der Waals surface area contributed by atoms with E-state index >= 15 is 4.39 Å². The molecule has 1 fully saturated rings. The molecule has 38 heavy (non-hydrogen) atoms. The molecule has 10 heteroatoms. The Morgan fingerprint density at radius 3 is 2.55 bits per heavy atom. The summed E-state index contributed by atoms with van der Waals surface area (Å²) in [5.74, 6) is -3.11. The molecule has 0 spiro atoms. The van der Waals surface area contributed by atoms with E-state index in [9.17, 15) is 19.5 Å². The number of ketones is 1. The van der Waals surface area contributed by atoms with Crippen LogP contribution in [0.4, 0.5) is 9.52 Å². The molecular formula is C28H27FN2O6S. The number of hydrogen-bond acceptors (Lipinski definition) is 8. The molecule has 1 saturated heterocycles. The third kappa shape index (κ3) is 4.91. The van der Waals surface area contributed by atoms with Gasteiger partial charge >= 0.3 is 11.9 Å². The van der Waals surface area contributed by atoms with Crippen LogP contribution in [0.1, 0.15) is 58.4 Å². The van der Waals surface area contributed by atoms with Crippen LogP contribution < -0.4 is 9.64 Å². The smallest absolute Gasteiger partial charge is 0.350 e. The standard InChI is InChI=1S/C28H27FN2O6S/c1-5-13-37-20-12-11-17(14-15(20)3)23(32)21-22(18-9-7-8-10-19(18)29)31(26(34)24(21)33)28-30-16(4)25(38-28)27(35)36-6-2/h7-12,14,22,32H,5-6,13H2,1-4H3/b23-21+. The van der Waals surface area contributed by atoms with Gasteiger partial charge in [0.2, 0.25) is 0 Å². The summed E-state index contributed by atoms with van der Waals surface area (Å²) in [4.78, 5) is 44.6. The molecule has 1 aromatic heterocycles. The number of aryl methyl sites for hydroxylation is 2. The molecule has 198 valence electrons. The Morgan fingerprint density at radius 1 is 1.16 bits per heavy atom. The van der Waals surface area contributed by atoms with Gasteiger partial charge in [0.05, 0.1) is 24.5 Å². The lowest BCUT2D eigenvalue weighted by Gasteiger charge is -2.23. The second-order valence-corrected chi connectivity index (χ2v) is 9.63. The van der Waals surface area contributed by atoms with Crippen molar-refractivity contribution in [3.63, 3.8) is 0 Å². The van der Waals surface area contributed by atoms with E-state index in [1.807, 2.05) is 6.92 Å². The zero-order chi connectivity index (χ0) is 27.6. The molecule has 2 aromatic carbocycles. The number of carbonyl (C=O) groups is 3. The van der Waals surface area contributed by atoms with Gasteiger partial charge in [-0.2, -0.15) is 0 Å². The molecule has 0 aliphatic carbocycles. The maximum Gasteiger partial charge on any atom is 0.350 e. The minimum absolute atomic E-state index is 0.00147. The molecule has 3 aromatic rings. The zero-order valence-electron chi connectivity index (χ0n) is 21.4. The van der Waals surface area contributed by atoms with Crippen LogP contribution in [0.3, 0.4) is 0 Å². The Bertz CT molecular complexity index is 1450. The summed E-state index contributed by atoms with van der Waals surface area (Å²) >= 11 is 0.860. The molecular weight excluding hydrogens is 511 g/mol. The van der Waals surface area contributed by atoms with E-state index in [1.54, 1.807) is 45.0 Å². The van der Waals surface area contributed by atoms with Crippen molar-refractivity contribution in [1.82, 2.24) is 4.98 Å². The van der Waals surface area contributed by atoms with Crippen molar-refractivity contribution in [2.24, 2.45) is 0 Å². The van der Waals surface area contributed by atoms with Gasteiger partial charge in [-0.05, 0) is 57.0 Å². The van der Waals surface area contributed by atoms with E-state index in [4.69, 9.17) is 9.47 Å². The summed E-state index contributed by atoms with van der Waals surface area (Å²) in [5, 5.41) is 11.3. The lowest BCUT2D eigenvalue weighted by Crippen LogP contribution is -2.29. The van der Waals surface area contributed by atoms with Crippen LogP contribution in [0.25, 0.3) is 5.76 Å². The number of amides is 1. The Balaban J connectivity index is 1.88. The minimum Gasteiger partial charge on any atom is -0.507 e. The SMILES string of the molecule is CCCOc1ccc(/C(O)=C2\C(=O)C(=O)N(c3nc(C)c(C(=O)OCC)s3)C2c2ccccc2F)cc1C. The molecule has 1 unspecified atom stereocenters. The van der Waals surface area contributed by atoms with Crippen molar-refractivity contribution >= 4 is 39.9 Å². The maximum atomic E-state index is 15.1. The Morgan fingerprint density at radius 2 is 1.89 bits per heavy atom. The number of aromatic nitrogens is 1. The summed E-state index contributed by atoms with van der Waals surface area (Å²) in [5.41, 5.74) is 1.00. The van der Waals surface area contributed by atoms with Gasteiger partial charge in [0, 0.05) is 11.1 Å². The van der Waals surface area contributed by atoms with Crippen molar-refractivity contribution in [1.29, 1.82) is 0 Å². The van der Waals surface area contributed by atoms with Gasteiger partial charge in [0.1, 0.15) is 28.2 Å². The highest BCUT2D eigenvalue weighted by Crippen LogP contribution is 2.44. The summed E-state index contributed by atoms with van der Waals surface area (Å²) < 4.78 is 25.9. The number of thiazole rings is 1. The van der Waals surface area contributed by atoms with Crippen LogP contribution in [0.15, 0.2) is 48.0 Å². The number of carbonyl (C=O) groups excluding carboxylic acids is 3. The van der Waals surface area contributed by atoms with Gasteiger partial charge in [-0.15, -0.1) is 0 Å². The molecule has 1 aliphatic heterocycles. The van der Waals surface area contributed by atoms with Crippen LogP contribution in [-0.4, -0.2) is 41.0 Å². The number of anilines is 1. The van der Waals surface area contributed by atoms with E-state index in [1.165, 1.54) is 18.2 Å². The quantitative estimate of drug-likeness (QED) is 0.175. The zero-order valence-corrected chi connectivity index (χ0v) is 22.2. The van der Waals surface area contributed by atoms with Gasteiger partial charge in [-0.3, -0.25) is 14.5 Å². The lowest BCUT2D eigenvalue weighted by molar-refractivity contribution is -0.132. The largest absolute Gasteiger partial charge is 0.507 e. The normalized spacial score (nSPS) is 16.7. The average molecular weight is 539 g/mol. The first-order valence-electron chi connectivity index (χ1n) is 12.1. The molecule has 1 atom stereocenters. The number of aliphatic hydroxyl groups is 1. The Labute approximate surface area is 223 Å². The summed E-state index contributed by atoms with van der Waals surface area (Å²) in [6.07, 6.45) is 0.821. The van der Waals surface area contributed by atoms with Crippen LogP contribution in [-0.2, 0) is 14.3 Å². The minimum atomic E-state index is -1.31. The topological polar surface area (TPSA) is 106 Å². The van der Waals surface area contributed by atoms with E-state index in [2.05, 4.69) is 4.98 Å². The highest BCUT2D eigenvalue weighted by Gasteiger charge is 2.49. The molecule has 1 N–H and O–H groups in total. The molecule has 2 heterocycles. The number of halogens is 1. The van der Waals surface area contributed by atoms with Crippen molar-refractivity contribution in [3.05, 3.63) is 81.1 Å². The number of aliphatic hydroxyl groups excluding tert-OH is 1. The third-order valence-electron chi connectivity index (χ3n) is 6.01. The number of esters is 1. The molecule has 1 amide bonds. The fraction of sp³-hybridized carbons (Fsp3) is 0.286. The van der Waals surface area contributed by atoms with E-state index in [0.29, 0.717) is 23.6 Å². The van der Waals surface area contributed by atoms with Crippen molar-refractivity contribution in [2.45, 2.75) is 40.2 Å². The number of Topliss-reactive ketones (excluding diaryl/α,β-unsaturated/α-hetero) is 1. The second-order valence-electron chi connectivity index (χ2n) is 8.65. The van der Waals surface area contributed by atoms with Gasteiger partial charge in [-0.25, -0.2) is 14.2 Å². The first-order valence-corrected chi connectivity index (χ1v) is 12.9. The monoisotopic (exact) mass is 538 g/mol. The van der Waals surface area contributed by atoms with E-state index in [-0.39, 0.29) is 33.3 Å². The highest BCUT2D eigenvalue weighted by molar-refractivity contribution is 7.17. The van der Waals surface area contributed by atoms with Gasteiger partial charge in [0.25, 0.3) is 5.78 Å². The first-order chi connectivity index (χ1) is 18.2. The second kappa shape index (κ2) is 11.1. The summed E-state index contributed by atoms with van der Waals surface area (Å²) in [6, 6.07) is 9.26. The fourth-order valence-corrected chi connectivity index (χ4v) is 5.21. The third-order valence-corrected chi connectivity index (χ3v) is 7.14. The van der Waals surface area contributed by atoms with Crippen molar-refractivity contribution < 1.29 is 33.4 Å². The highest BCUT2D eigenvalue weighted by atomic mass is 32.1. The average Bonchev–Trinajstić information content (AvgIpc) is 3.40. The molecule has 8 nitrogen and oxygen atoms in total. The van der Waals surface area contributed by atoms with Gasteiger partial charge in [0.15, 0.2) is 5.13 Å². The van der Waals surface area contributed by atoms with Crippen molar-refractivity contribution in [2.75, 3.05) is 18.1 Å². The fourth-order valence-electron chi connectivity index (χ4n) is 4.22. The molecule has 0 bridgehead atoms. The molecule has 4 rings (SSSR count). The van der Waals surface area contributed by atoms with Crippen LogP contribution in [0.2, 0.25) is 0 Å². The number of nitrogens with zero attached hydrogens (tertiary/aromatic N) is 2. The number of rotatable bonds is 8. The summed E-state index contributed by atoms with van der Waals surface area (Å²) in [7, 11) is 0. The first kappa shape index (κ1) is 27.0. The number of ether oxygens (including phenoxy) is 2. The van der Waals surface area contributed by atoms with Gasteiger partial charge in [-0.1, -0.05) is 36.5 Å². The molecule has 0 radical (unpaired) electrons. The number of benzene rings is 2. The maximum absolute atomic E-state index is 15.1. The predicted octanol–water partition coefficient (Wildman–Crippen LogP) is 5.49.